The van der Waals surface area contributed by atoms with Crippen molar-refractivity contribution in [1.29, 1.82) is 0 Å². The molecule has 170 valence electrons. The number of fused-ring (bicyclic) bond motifs is 3. The van der Waals surface area contributed by atoms with E-state index in [2.05, 4.69) is 39.6 Å². The van der Waals surface area contributed by atoms with Crippen molar-refractivity contribution in [1.82, 2.24) is 20.6 Å². The van der Waals surface area contributed by atoms with Gasteiger partial charge in [-0.15, -0.1) is 0 Å². The van der Waals surface area contributed by atoms with E-state index in [1.54, 1.807) is 6.33 Å². The summed E-state index contributed by atoms with van der Waals surface area (Å²) in [6, 6.07) is 5.00. The average molecular weight is 452 g/mol. The van der Waals surface area contributed by atoms with Gasteiger partial charge < -0.3 is 15.5 Å². The maximum atomic E-state index is 6.91. The Kier molecular flexibility index (Phi) is 5.39. The first-order valence-corrected chi connectivity index (χ1v) is 12.9. The van der Waals surface area contributed by atoms with E-state index in [9.17, 15) is 0 Å². The third-order valence-corrected chi connectivity index (χ3v) is 8.86. The molecule has 1 spiro atoms. The highest BCUT2D eigenvalue weighted by Gasteiger charge is 2.47. The molecular formula is C26H34ClN5. The Hall–Kier alpha value is -1.69. The molecule has 5 nitrogen and oxygen atoms in total. The third kappa shape index (κ3) is 3.36. The number of hydrogen-bond donors (Lipinski definition) is 2. The van der Waals surface area contributed by atoms with E-state index in [1.807, 2.05) is 0 Å². The maximum absolute atomic E-state index is 6.91. The standard InChI is InChI=1S/C26H34ClN5/c1-17-6-8-21-23(17)25(31-16-30-21)32-15-26(10-12-28-13-11-26)24-19(20(27)7-9-22(24)32)14-29-18-4-2-3-5-18/h7,9,16-18,28-29H,2-6,8,10-15H2,1H3. The number of benzene rings is 1. The van der Waals surface area contributed by atoms with Gasteiger partial charge in [0.05, 0.1) is 0 Å². The van der Waals surface area contributed by atoms with Crippen LogP contribution in [0.25, 0.3) is 0 Å². The predicted octanol–water partition coefficient (Wildman–Crippen LogP) is 4.98. The molecule has 0 radical (unpaired) electrons. The highest BCUT2D eigenvalue weighted by molar-refractivity contribution is 6.31. The van der Waals surface area contributed by atoms with Crippen LogP contribution < -0.4 is 15.5 Å². The van der Waals surface area contributed by atoms with Gasteiger partial charge in [-0.1, -0.05) is 31.4 Å². The molecule has 0 amide bonds. The second-order valence-electron chi connectivity index (χ2n) is 10.4. The minimum absolute atomic E-state index is 0.137. The summed E-state index contributed by atoms with van der Waals surface area (Å²) >= 11 is 6.91. The summed E-state index contributed by atoms with van der Waals surface area (Å²) in [5.74, 6) is 1.65. The van der Waals surface area contributed by atoms with E-state index in [4.69, 9.17) is 16.6 Å². The monoisotopic (exact) mass is 451 g/mol. The summed E-state index contributed by atoms with van der Waals surface area (Å²) < 4.78 is 0. The second-order valence-corrected chi connectivity index (χ2v) is 10.8. The van der Waals surface area contributed by atoms with Crippen LogP contribution in [0.15, 0.2) is 18.5 Å². The van der Waals surface area contributed by atoms with Crippen LogP contribution in [0, 0.1) is 0 Å². The molecule has 2 aromatic rings. The maximum Gasteiger partial charge on any atom is 0.140 e. The van der Waals surface area contributed by atoms with Crippen LogP contribution in [0.3, 0.4) is 0 Å². The molecular weight excluding hydrogens is 418 g/mol. The fraction of sp³-hybridized carbons (Fsp3) is 0.615. The van der Waals surface area contributed by atoms with E-state index in [0.717, 1.165) is 56.3 Å². The van der Waals surface area contributed by atoms with Crippen molar-refractivity contribution in [3.63, 3.8) is 0 Å². The van der Waals surface area contributed by atoms with Gasteiger partial charge in [-0.3, -0.25) is 0 Å². The molecule has 1 unspecified atom stereocenters. The Bertz CT molecular complexity index is 1010. The van der Waals surface area contributed by atoms with Crippen molar-refractivity contribution in [2.24, 2.45) is 0 Å². The molecule has 1 saturated carbocycles. The molecule has 2 fully saturated rings. The number of hydrogen-bond acceptors (Lipinski definition) is 5. The van der Waals surface area contributed by atoms with Gasteiger partial charge in [0.2, 0.25) is 0 Å². The third-order valence-electron chi connectivity index (χ3n) is 8.51. The van der Waals surface area contributed by atoms with Gasteiger partial charge in [-0.25, -0.2) is 9.97 Å². The molecule has 6 rings (SSSR count). The van der Waals surface area contributed by atoms with E-state index in [1.165, 1.54) is 60.2 Å². The first-order chi connectivity index (χ1) is 15.7. The molecule has 6 heteroatoms. The van der Waals surface area contributed by atoms with Crippen molar-refractivity contribution in [3.8, 4) is 0 Å². The molecule has 1 saturated heterocycles. The Morgan fingerprint density at radius 1 is 1.16 bits per heavy atom. The summed E-state index contributed by atoms with van der Waals surface area (Å²) in [6.45, 7) is 6.32. The summed E-state index contributed by atoms with van der Waals surface area (Å²) in [4.78, 5) is 12.0. The molecule has 2 aliphatic carbocycles. The van der Waals surface area contributed by atoms with Crippen LogP contribution in [0.5, 0.6) is 0 Å². The van der Waals surface area contributed by atoms with Crippen LogP contribution in [-0.2, 0) is 18.4 Å². The van der Waals surface area contributed by atoms with E-state index in [0.29, 0.717) is 12.0 Å². The summed E-state index contributed by atoms with van der Waals surface area (Å²) in [7, 11) is 0. The normalized spacial score (nSPS) is 24.3. The number of nitrogens with zero attached hydrogens (tertiary/aromatic N) is 3. The van der Waals surface area contributed by atoms with Crippen molar-refractivity contribution in [2.45, 2.75) is 82.2 Å². The largest absolute Gasteiger partial charge is 0.325 e. The Morgan fingerprint density at radius 2 is 1.97 bits per heavy atom. The van der Waals surface area contributed by atoms with Gasteiger partial charge in [-0.2, -0.15) is 0 Å². The number of nitrogens with one attached hydrogen (secondary N) is 2. The number of rotatable bonds is 4. The van der Waals surface area contributed by atoms with Gasteiger partial charge in [0, 0.05) is 46.5 Å². The van der Waals surface area contributed by atoms with E-state index >= 15 is 0 Å². The topological polar surface area (TPSA) is 53.1 Å². The lowest BCUT2D eigenvalue weighted by Crippen LogP contribution is -2.43. The fourth-order valence-electron chi connectivity index (χ4n) is 6.78. The molecule has 1 aromatic heterocycles. The van der Waals surface area contributed by atoms with Crippen LogP contribution in [-0.4, -0.2) is 35.6 Å². The lowest BCUT2D eigenvalue weighted by Gasteiger charge is -2.36. The van der Waals surface area contributed by atoms with Gasteiger partial charge in [0.1, 0.15) is 12.1 Å². The number of anilines is 2. The average Bonchev–Trinajstić information content (AvgIpc) is 3.53. The first-order valence-electron chi connectivity index (χ1n) is 12.5. The highest BCUT2D eigenvalue weighted by atomic mass is 35.5. The Balaban J connectivity index is 1.45. The summed E-state index contributed by atoms with van der Waals surface area (Å²) in [5.41, 5.74) is 6.86. The van der Waals surface area contributed by atoms with Crippen molar-refractivity contribution in [3.05, 3.63) is 45.9 Å². The lowest BCUT2D eigenvalue weighted by atomic mass is 9.73. The Labute approximate surface area is 196 Å². The second kappa shape index (κ2) is 8.27. The highest BCUT2D eigenvalue weighted by Crippen LogP contribution is 2.53. The van der Waals surface area contributed by atoms with Crippen molar-refractivity contribution < 1.29 is 0 Å². The summed E-state index contributed by atoms with van der Waals surface area (Å²) in [6.07, 6.45) is 11.6. The van der Waals surface area contributed by atoms with Gasteiger partial charge >= 0.3 is 0 Å². The molecule has 32 heavy (non-hydrogen) atoms. The minimum atomic E-state index is 0.137. The van der Waals surface area contributed by atoms with Crippen LogP contribution >= 0.6 is 11.6 Å². The number of halogens is 1. The Morgan fingerprint density at radius 3 is 2.78 bits per heavy atom. The van der Waals surface area contributed by atoms with Crippen LogP contribution in [0.1, 0.15) is 80.2 Å². The lowest BCUT2D eigenvalue weighted by molar-refractivity contribution is 0.326. The van der Waals surface area contributed by atoms with Gasteiger partial charge in [-0.05, 0) is 80.8 Å². The SMILES string of the molecule is CC1CCc2ncnc(N3CC4(CCNCC4)c4c3ccc(Cl)c4CNC3CCCC3)c21. The smallest absolute Gasteiger partial charge is 0.140 e. The molecule has 1 atom stereocenters. The number of aromatic nitrogens is 2. The molecule has 0 bridgehead atoms. The number of aryl methyl sites for hydroxylation is 1. The van der Waals surface area contributed by atoms with Gasteiger partial charge in [0.15, 0.2) is 0 Å². The molecule has 2 aliphatic heterocycles. The zero-order valence-corrected chi connectivity index (χ0v) is 19.8. The minimum Gasteiger partial charge on any atom is -0.325 e. The van der Waals surface area contributed by atoms with Crippen molar-refractivity contribution >= 4 is 23.1 Å². The molecule has 1 aromatic carbocycles. The molecule has 2 N–H and O–H groups in total. The van der Waals surface area contributed by atoms with Crippen LogP contribution in [0.4, 0.5) is 11.5 Å². The zero-order valence-electron chi connectivity index (χ0n) is 19.1. The fourth-order valence-corrected chi connectivity index (χ4v) is 7.01. The number of piperidine rings is 1. The molecule has 3 heterocycles. The van der Waals surface area contributed by atoms with Crippen LogP contribution in [0.2, 0.25) is 5.02 Å². The first kappa shape index (κ1) is 20.9. The van der Waals surface area contributed by atoms with Gasteiger partial charge in [0.25, 0.3) is 0 Å². The summed E-state index contributed by atoms with van der Waals surface area (Å²) in [5, 5.41) is 8.35. The van der Waals surface area contributed by atoms with E-state index in [-0.39, 0.29) is 5.41 Å². The predicted molar refractivity (Wildman–Crippen MR) is 130 cm³/mol. The molecule has 4 aliphatic rings. The van der Waals surface area contributed by atoms with Crippen molar-refractivity contribution in [2.75, 3.05) is 24.5 Å². The van der Waals surface area contributed by atoms with E-state index < -0.39 is 0 Å². The zero-order chi connectivity index (χ0) is 21.7. The quantitative estimate of drug-likeness (QED) is 0.686.